The van der Waals surface area contributed by atoms with Crippen molar-refractivity contribution in [2.24, 2.45) is 0 Å². The van der Waals surface area contributed by atoms with Crippen LogP contribution in [0.2, 0.25) is 0 Å². The van der Waals surface area contributed by atoms with E-state index in [0.29, 0.717) is 12.3 Å². The summed E-state index contributed by atoms with van der Waals surface area (Å²) in [4.78, 5) is 0. The van der Waals surface area contributed by atoms with Gasteiger partial charge in [-0.15, -0.1) is 0 Å². The van der Waals surface area contributed by atoms with Gasteiger partial charge in [0.15, 0.2) is 0 Å². The fourth-order valence-corrected chi connectivity index (χ4v) is 2.51. The molecule has 0 fully saturated rings. The van der Waals surface area contributed by atoms with Gasteiger partial charge in [0.2, 0.25) is 5.09 Å². The molecule has 0 bridgehead atoms. The summed E-state index contributed by atoms with van der Waals surface area (Å²) in [6, 6.07) is 7.97. The Morgan fingerprint density at radius 2 is 1.84 bits per heavy atom. The van der Waals surface area contributed by atoms with Gasteiger partial charge in [0.05, 0.1) is 6.54 Å². The van der Waals surface area contributed by atoms with Crippen LogP contribution in [0.25, 0.3) is 0 Å². The predicted octanol–water partition coefficient (Wildman–Crippen LogP) is 1.94. The molecule has 0 aliphatic rings. The van der Waals surface area contributed by atoms with Gasteiger partial charge in [-0.25, -0.2) is 4.39 Å². The molecule has 2 rings (SSSR count). The van der Waals surface area contributed by atoms with Crippen LogP contribution in [0.4, 0.5) is 10.1 Å². The standard InChI is InChI=1S/C12H13FN2O3S/c1-14-8-11-6-7-12(18-11)19(16,17)15-10-4-2-9(13)3-5-10/h2-7,14-15H,8H2,1H3. The van der Waals surface area contributed by atoms with Crippen molar-refractivity contribution < 1.29 is 17.2 Å². The molecule has 0 radical (unpaired) electrons. The first kappa shape index (κ1) is 13.6. The molecule has 2 N–H and O–H groups in total. The Bertz CT molecular complexity index is 650. The molecule has 7 heteroatoms. The lowest BCUT2D eigenvalue weighted by Crippen LogP contribution is -2.12. The SMILES string of the molecule is CNCc1ccc(S(=O)(=O)Nc2ccc(F)cc2)o1. The van der Waals surface area contributed by atoms with E-state index in [2.05, 4.69) is 10.0 Å². The molecule has 1 aromatic carbocycles. The van der Waals surface area contributed by atoms with Crippen LogP contribution >= 0.6 is 0 Å². The predicted molar refractivity (Wildman–Crippen MR) is 68.7 cm³/mol. The molecule has 2 aromatic rings. The number of hydrogen-bond acceptors (Lipinski definition) is 4. The van der Waals surface area contributed by atoms with Crippen LogP contribution in [-0.2, 0) is 16.6 Å². The van der Waals surface area contributed by atoms with Crippen LogP contribution in [0.1, 0.15) is 5.76 Å². The molecule has 1 heterocycles. The van der Waals surface area contributed by atoms with Gasteiger partial charge >= 0.3 is 0 Å². The van der Waals surface area contributed by atoms with E-state index >= 15 is 0 Å². The molecule has 0 atom stereocenters. The summed E-state index contributed by atoms with van der Waals surface area (Å²) in [6.45, 7) is 0.437. The van der Waals surface area contributed by atoms with Gasteiger partial charge in [-0.2, -0.15) is 8.42 Å². The Morgan fingerprint density at radius 3 is 2.47 bits per heavy atom. The third-order valence-corrected chi connectivity index (χ3v) is 3.60. The smallest absolute Gasteiger partial charge is 0.295 e. The minimum Gasteiger partial charge on any atom is -0.446 e. The Morgan fingerprint density at radius 1 is 1.16 bits per heavy atom. The molecule has 102 valence electrons. The van der Waals surface area contributed by atoms with E-state index < -0.39 is 15.8 Å². The van der Waals surface area contributed by atoms with Crippen LogP contribution in [-0.4, -0.2) is 15.5 Å². The quantitative estimate of drug-likeness (QED) is 0.880. The normalized spacial score (nSPS) is 11.5. The Hall–Kier alpha value is -1.86. The van der Waals surface area contributed by atoms with E-state index in [0.717, 1.165) is 0 Å². The summed E-state index contributed by atoms with van der Waals surface area (Å²) in [7, 11) is -2.06. The Kier molecular flexibility index (Phi) is 3.87. The third-order valence-electron chi connectivity index (χ3n) is 2.35. The van der Waals surface area contributed by atoms with Crippen molar-refractivity contribution in [3.05, 3.63) is 48.0 Å². The lowest BCUT2D eigenvalue weighted by Gasteiger charge is -2.05. The van der Waals surface area contributed by atoms with Crippen molar-refractivity contribution in [3.8, 4) is 0 Å². The second-order valence-corrected chi connectivity index (χ2v) is 5.48. The molecule has 0 unspecified atom stereocenters. The summed E-state index contributed by atoms with van der Waals surface area (Å²) in [6.07, 6.45) is 0. The molecule has 0 spiro atoms. The maximum atomic E-state index is 12.7. The summed E-state index contributed by atoms with van der Waals surface area (Å²) in [5, 5.41) is 2.68. The first-order valence-electron chi connectivity index (χ1n) is 5.53. The highest BCUT2D eigenvalue weighted by molar-refractivity contribution is 7.92. The average Bonchev–Trinajstić information content (AvgIpc) is 2.82. The molecule has 0 aliphatic heterocycles. The molecule has 0 amide bonds. The van der Waals surface area contributed by atoms with E-state index in [1.54, 1.807) is 13.1 Å². The lowest BCUT2D eigenvalue weighted by molar-refractivity contribution is 0.408. The average molecular weight is 284 g/mol. The number of benzene rings is 1. The number of hydrogen-bond donors (Lipinski definition) is 2. The van der Waals surface area contributed by atoms with E-state index in [4.69, 9.17) is 4.42 Å². The van der Waals surface area contributed by atoms with Gasteiger partial charge in [0, 0.05) is 5.69 Å². The highest BCUT2D eigenvalue weighted by Gasteiger charge is 2.18. The van der Waals surface area contributed by atoms with E-state index in [1.165, 1.54) is 30.3 Å². The topological polar surface area (TPSA) is 71.3 Å². The van der Waals surface area contributed by atoms with E-state index in [1.807, 2.05) is 0 Å². The van der Waals surface area contributed by atoms with Crippen molar-refractivity contribution in [1.29, 1.82) is 0 Å². The van der Waals surface area contributed by atoms with Crippen LogP contribution in [0, 0.1) is 5.82 Å². The Labute approximate surface area is 110 Å². The maximum Gasteiger partial charge on any atom is 0.295 e. The second-order valence-electron chi connectivity index (χ2n) is 3.86. The number of sulfonamides is 1. The molecular weight excluding hydrogens is 271 g/mol. The van der Waals surface area contributed by atoms with Crippen molar-refractivity contribution in [2.45, 2.75) is 11.6 Å². The summed E-state index contributed by atoms with van der Waals surface area (Å²) in [5.41, 5.74) is 0.271. The summed E-state index contributed by atoms with van der Waals surface area (Å²) < 4.78 is 44.2. The van der Waals surface area contributed by atoms with Gasteiger partial charge in [0.25, 0.3) is 10.0 Å². The van der Waals surface area contributed by atoms with Gasteiger partial charge in [-0.1, -0.05) is 0 Å². The second kappa shape index (κ2) is 5.41. The van der Waals surface area contributed by atoms with Crippen LogP contribution in [0.3, 0.4) is 0 Å². The minimum absolute atomic E-state index is 0.179. The molecule has 1 aromatic heterocycles. The van der Waals surface area contributed by atoms with Crippen LogP contribution in [0.15, 0.2) is 45.9 Å². The highest BCUT2D eigenvalue weighted by Crippen LogP contribution is 2.18. The minimum atomic E-state index is -3.79. The van der Waals surface area contributed by atoms with Crippen molar-refractivity contribution >= 4 is 15.7 Å². The van der Waals surface area contributed by atoms with Gasteiger partial charge in [0.1, 0.15) is 11.6 Å². The number of rotatable bonds is 5. The first-order chi connectivity index (χ1) is 9.01. The molecule has 5 nitrogen and oxygen atoms in total. The molecule has 0 saturated heterocycles. The lowest BCUT2D eigenvalue weighted by atomic mass is 10.3. The number of nitrogens with one attached hydrogen (secondary N) is 2. The highest BCUT2D eigenvalue weighted by atomic mass is 32.2. The van der Waals surface area contributed by atoms with Gasteiger partial charge in [-0.3, -0.25) is 4.72 Å². The molecular formula is C12H13FN2O3S. The van der Waals surface area contributed by atoms with Gasteiger partial charge in [-0.05, 0) is 43.4 Å². The van der Waals surface area contributed by atoms with Crippen LogP contribution in [0.5, 0.6) is 0 Å². The fraction of sp³-hybridized carbons (Fsp3) is 0.167. The van der Waals surface area contributed by atoms with E-state index in [9.17, 15) is 12.8 Å². The summed E-state index contributed by atoms with van der Waals surface area (Å²) in [5.74, 6) is 0.0826. The zero-order valence-corrected chi connectivity index (χ0v) is 11.0. The van der Waals surface area contributed by atoms with Crippen LogP contribution < -0.4 is 10.0 Å². The molecule has 0 aliphatic carbocycles. The number of furan rings is 1. The summed E-state index contributed by atoms with van der Waals surface area (Å²) >= 11 is 0. The molecule has 19 heavy (non-hydrogen) atoms. The Balaban J connectivity index is 2.19. The first-order valence-corrected chi connectivity index (χ1v) is 7.01. The largest absolute Gasteiger partial charge is 0.446 e. The third kappa shape index (κ3) is 3.33. The molecule has 0 saturated carbocycles. The zero-order valence-electron chi connectivity index (χ0n) is 10.2. The zero-order chi connectivity index (χ0) is 13.9. The fourth-order valence-electron chi connectivity index (χ4n) is 1.50. The maximum absolute atomic E-state index is 12.7. The van der Waals surface area contributed by atoms with Crippen molar-refractivity contribution in [3.63, 3.8) is 0 Å². The van der Waals surface area contributed by atoms with Crippen molar-refractivity contribution in [2.75, 3.05) is 11.8 Å². The van der Waals surface area contributed by atoms with Crippen molar-refractivity contribution in [1.82, 2.24) is 5.32 Å². The number of halogens is 1. The number of anilines is 1. The monoisotopic (exact) mass is 284 g/mol. The van der Waals surface area contributed by atoms with E-state index in [-0.39, 0.29) is 10.8 Å². The van der Waals surface area contributed by atoms with Gasteiger partial charge < -0.3 is 9.73 Å².